The number of carbonyl (C=O) groups is 3. The van der Waals surface area contributed by atoms with Crippen molar-refractivity contribution in [1.29, 1.82) is 0 Å². The third-order valence-electron chi connectivity index (χ3n) is 3.17. The lowest BCUT2D eigenvalue weighted by Gasteiger charge is -2.07. The molecule has 2 N–H and O–H groups in total. The van der Waals surface area contributed by atoms with Crippen LogP contribution >= 0.6 is 0 Å². The Balaban J connectivity index is 1.91. The fraction of sp³-hybridized carbons (Fsp3) is 0.118. The molecule has 124 valence electrons. The van der Waals surface area contributed by atoms with Gasteiger partial charge in [0.1, 0.15) is 5.82 Å². The molecule has 6 nitrogen and oxygen atoms in total. The van der Waals surface area contributed by atoms with Gasteiger partial charge in [0.05, 0.1) is 12.7 Å². The molecule has 0 heterocycles. The molecule has 0 unspecified atom stereocenters. The summed E-state index contributed by atoms with van der Waals surface area (Å²) in [6, 6.07) is 11.8. The van der Waals surface area contributed by atoms with Crippen LogP contribution in [0, 0.1) is 5.82 Å². The van der Waals surface area contributed by atoms with Crippen LogP contribution < -0.4 is 10.6 Å². The zero-order valence-corrected chi connectivity index (χ0v) is 12.8. The van der Waals surface area contributed by atoms with Crippen molar-refractivity contribution in [2.45, 2.75) is 6.54 Å². The van der Waals surface area contributed by atoms with Crippen LogP contribution in [-0.4, -0.2) is 24.9 Å². The summed E-state index contributed by atoms with van der Waals surface area (Å²) in [5.41, 5.74) is 0.939. The first-order chi connectivity index (χ1) is 11.5. The summed E-state index contributed by atoms with van der Waals surface area (Å²) in [5, 5.41) is 4.71. The van der Waals surface area contributed by atoms with E-state index in [1.165, 1.54) is 49.6 Å². The highest BCUT2D eigenvalue weighted by Gasteiger charge is 2.14. The normalized spacial score (nSPS) is 9.92. The summed E-state index contributed by atoms with van der Waals surface area (Å²) >= 11 is 0. The molecule has 0 aliphatic heterocycles. The maximum absolute atomic E-state index is 13.4. The van der Waals surface area contributed by atoms with Crippen molar-refractivity contribution in [3.8, 4) is 0 Å². The zero-order valence-electron chi connectivity index (χ0n) is 12.8. The van der Waals surface area contributed by atoms with Crippen LogP contribution in [0.2, 0.25) is 0 Å². The number of ether oxygens (including phenoxy) is 1. The predicted molar refractivity (Wildman–Crippen MR) is 84.7 cm³/mol. The summed E-state index contributed by atoms with van der Waals surface area (Å²) in [6.45, 7) is -0.0970. The number of esters is 1. The van der Waals surface area contributed by atoms with Crippen LogP contribution in [0.4, 0.5) is 10.1 Å². The monoisotopic (exact) mass is 330 g/mol. The molecule has 2 rings (SSSR count). The van der Waals surface area contributed by atoms with Gasteiger partial charge in [0.25, 0.3) is 0 Å². The van der Waals surface area contributed by atoms with E-state index in [-0.39, 0.29) is 12.1 Å². The summed E-state index contributed by atoms with van der Waals surface area (Å²) in [4.78, 5) is 34.8. The van der Waals surface area contributed by atoms with Gasteiger partial charge >= 0.3 is 17.8 Å². The van der Waals surface area contributed by atoms with Gasteiger partial charge in [0.15, 0.2) is 0 Å². The van der Waals surface area contributed by atoms with Crippen molar-refractivity contribution in [3.05, 3.63) is 65.5 Å². The van der Waals surface area contributed by atoms with E-state index >= 15 is 0 Å². The van der Waals surface area contributed by atoms with E-state index in [1.807, 2.05) is 0 Å². The van der Waals surface area contributed by atoms with Gasteiger partial charge < -0.3 is 15.4 Å². The fourth-order valence-electron chi connectivity index (χ4n) is 1.89. The molecule has 0 atom stereocenters. The van der Waals surface area contributed by atoms with Crippen molar-refractivity contribution >= 4 is 23.5 Å². The van der Waals surface area contributed by atoms with E-state index < -0.39 is 23.6 Å². The third kappa shape index (κ3) is 4.39. The molecule has 2 aromatic rings. The Morgan fingerprint density at radius 2 is 1.67 bits per heavy atom. The van der Waals surface area contributed by atoms with Crippen LogP contribution in [-0.2, 0) is 20.9 Å². The van der Waals surface area contributed by atoms with E-state index in [2.05, 4.69) is 15.4 Å². The second-order valence-electron chi connectivity index (χ2n) is 4.80. The molecular weight excluding hydrogens is 315 g/mol. The van der Waals surface area contributed by atoms with Crippen LogP contribution in [0.1, 0.15) is 15.9 Å². The molecule has 0 aromatic heterocycles. The number of hydrogen-bond donors (Lipinski definition) is 2. The molecule has 2 aromatic carbocycles. The van der Waals surface area contributed by atoms with Crippen LogP contribution in [0.25, 0.3) is 0 Å². The number of carbonyl (C=O) groups excluding carboxylic acids is 3. The zero-order chi connectivity index (χ0) is 17.5. The SMILES string of the molecule is COC(=O)c1ccc(NC(=O)C(=O)NCc2ccccc2F)cc1. The van der Waals surface area contributed by atoms with Gasteiger partial charge in [0, 0.05) is 17.8 Å². The molecule has 7 heteroatoms. The Labute approximate surface area is 137 Å². The standard InChI is InChI=1S/C17H15FN2O4/c1-24-17(23)11-6-8-13(9-7-11)20-16(22)15(21)19-10-12-4-2-3-5-14(12)18/h2-9H,10H2,1H3,(H,19,21)(H,20,22). The first-order valence-corrected chi connectivity index (χ1v) is 7.02. The number of nitrogens with one attached hydrogen (secondary N) is 2. The van der Waals surface area contributed by atoms with Gasteiger partial charge in [-0.05, 0) is 30.3 Å². The Kier molecular flexibility index (Phi) is 5.62. The van der Waals surface area contributed by atoms with E-state index in [4.69, 9.17) is 0 Å². The number of hydrogen-bond acceptors (Lipinski definition) is 4. The maximum atomic E-state index is 13.4. The van der Waals surface area contributed by atoms with E-state index in [9.17, 15) is 18.8 Å². The van der Waals surface area contributed by atoms with Crippen LogP contribution in [0.3, 0.4) is 0 Å². The van der Waals surface area contributed by atoms with Crippen LogP contribution in [0.15, 0.2) is 48.5 Å². The Bertz CT molecular complexity index is 759. The molecule has 0 saturated carbocycles. The van der Waals surface area contributed by atoms with E-state index in [0.29, 0.717) is 11.3 Å². The lowest BCUT2D eigenvalue weighted by atomic mass is 10.2. The molecule has 0 fully saturated rings. The van der Waals surface area contributed by atoms with Gasteiger partial charge in [-0.25, -0.2) is 9.18 Å². The summed E-state index contributed by atoms with van der Waals surface area (Å²) in [6.07, 6.45) is 0. The van der Waals surface area contributed by atoms with E-state index in [1.54, 1.807) is 6.07 Å². The van der Waals surface area contributed by atoms with Crippen LogP contribution in [0.5, 0.6) is 0 Å². The second kappa shape index (κ2) is 7.87. The van der Waals surface area contributed by atoms with E-state index in [0.717, 1.165) is 0 Å². The lowest BCUT2D eigenvalue weighted by molar-refractivity contribution is -0.136. The Morgan fingerprint density at radius 3 is 2.29 bits per heavy atom. The van der Waals surface area contributed by atoms with Crippen molar-refractivity contribution < 1.29 is 23.5 Å². The Morgan fingerprint density at radius 1 is 1.00 bits per heavy atom. The van der Waals surface area contributed by atoms with Crippen molar-refractivity contribution in [1.82, 2.24) is 5.32 Å². The van der Waals surface area contributed by atoms with Crippen molar-refractivity contribution in [2.24, 2.45) is 0 Å². The van der Waals surface area contributed by atoms with Gasteiger partial charge in [-0.3, -0.25) is 9.59 Å². The number of rotatable bonds is 4. The first kappa shape index (κ1) is 17.1. The van der Waals surface area contributed by atoms with Crippen molar-refractivity contribution in [2.75, 3.05) is 12.4 Å². The average Bonchev–Trinajstić information content (AvgIpc) is 2.60. The molecule has 0 aliphatic carbocycles. The third-order valence-corrected chi connectivity index (χ3v) is 3.17. The minimum atomic E-state index is -0.893. The predicted octanol–water partition coefficient (Wildman–Crippen LogP) is 1.87. The molecule has 2 amide bonds. The first-order valence-electron chi connectivity index (χ1n) is 7.02. The minimum absolute atomic E-state index is 0.0970. The molecule has 24 heavy (non-hydrogen) atoms. The smallest absolute Gasteiger partial charge is 0.337 e. The highest BCUT2D eigenvalue weighted by atomic mass is 19.1. The summed E-state index contributed by atoms with van der Waals surface area (Å²) < 4.78 is 18.0. The lowest BCUT2D eigenvalue weighted by Crippen LogP contribution is -2.35. The molecule has 0 aliphatic rings. The summed E-state index contributed by atoms with van der Waals surface area (Å²) in [7, 11) is 1.26. The number of benzene rings is 2. The number of anilines is 1. The number of halogens is 1. The Hall–Kier alpha value is -3.22. The number of amides is 2. The highest BCUT2D eigenvalue weighted by molar-refractivity contribution is 6.39. The topological polar surface area (TPSA) is 84.5 Å². The summed E-state index contributed by atoms with van der Waals surface area (Å²) in [5.74, 6) is -2.75. The molecular formula is C17H15FN2O4. The van der Waals surface area contributed by atoms with Crippen molar-refractivity contribution in [3.63, 3.8) is 0 Å². The second-order valence-corrected chi connectivity index (χ2v) is 4.80. The van der Waals surface area contributed by atoms with Gasteiger partial charge in [-0.1, -0.05) is 18.2 Å². The van der Waals surface area contributed by atoms with Gasteiger partial charge in [-0.2, -0.15) is 0 Å². The minimum Gasteiger partial charge on any atom is -0.465 e. The highest BCUT2D eigenvalue weighted by Crippen LogP contribution is 2.10. The molecule has 0 bridgehead atoms. The fourth-order valence-corrected chi connectivity index (χ4v) is 1.89. The molecule has 0 saturated heterocycles. The average molecular weight is 330 g/mol. The van der Waals surface area contributed by atoms with Gasteiger partial charge in [0.2, 0.25) is 0 Å². The quantitative estimate of drug-likeness (QED) is 0.662. The largest absolute Gasteiger partial charge is 0.465 e. The molecule has 0 spiro atoms. The van der Waals surface area contributed by atoms with Gasteiger partial charge in [-0.15, -0.1) is 0 Å². The molecule has 0 radical (unpaired) electrons. The number of methoxy groups -OCH3 is 1. The maximum Gasteiger partial charge on any atom is 0.337 e.